The highest BCUT2D eigenvalue weighted by molar-refractivity contribution is 5.89. The van der Waals surface area contributed by atoms with Crippen LogP contribution in [0.1, 0.15) is 37.8 Å². The van der Waals surface area contributed by atoms with E-state index >= 15 is 0 Å². The molecule has 1 fully saturated rings. The molecule has 23 heavy (non-hydrogen) atoms. The largest absolute Gasteiger partial charge is 0.481 e. The fraction of sp³-hybridized carbons (Fsp3) is 0.471. The van der Waals surface area contributed by atoms with Gasteiger partial charge in [0.05, 0.1) is 18.6 Å². The van der Waals surface area contributed by atoms with Gasteiger partial charge in [-0.15, -0.1) is 0 Å². The molecule has 0 spiro atoms. The summed E-state index contributed by atoms with van der Waals surface area (Å²) < 4.78 is 4.57. The number of esters is 1. The van der Waals surface area contributed by atoms with Gasteiger partial charge in [0.25, 0.3) is 0 Å². The number of carbonyl (C=O) groups is 3. The summed E-state index contributed by atoms with van der Waals surface area (Å²) in [4.78, 5) is 37.0. The number of hydrogen-bond acceptors (Lipinski definition) is 4. The van der Waals surface area contributed by atoms with E-state index in [9.17, 15) is 19.5 Å². The average Bonchev–Trinajstić information content (AvgIpc) is 2.91. The number of carbonyl (C=O) groups excluding carboxylic acids is 2. The third-order valence-corrected chi connectivity index (χ3v) is 4.52. The zero-order valence-corrected chi connectivity index (χ0v) is 13.3. The number of hydrogen-bond donors (Lipinski definition) is 1. The molecule has 1 aromatic rings. The van der Waals surface area contributed by atoms with Crippen molar-refractivity contribution < 1.29 is 24.2 Å². The van der Waals surface area contributed by atoms with E-state index in [-0.39, 0.29) is 37.8 Å². The second-order valence-electron chi connectivity index (χ2n) is 5.95. The summed E-state index contributed by atoms with van der Waals surface area (Å²) >= 11 is 0. The highest BCUT2D eigenvalue weighted by Gasteiger charge is 2.50. The Kier molecular flexibility index (Phi) is 5.03. The van der Waals surface area contributed by atoms with Crippen molar-refractivity contribution in [2.45, 2.75) is 32.2 Å². The normalized spacial score (nSPS) is 22.0. The lowest BCUT2D eigenvalue weighted by molar-refractivity contribution is -0.150. The molecule has 1 aliphatic rings. The maximum absolute atomic E-state index is 12.4. The Hall–Kier alpha value is -2.37. The monoisotopic (exact) mass is 319 g/mol. The molecular formula is C17H21NO5. The van der Waals surface area contributed by atoms with Crippen LogP contribution in [0.5, 0.6) is 0 Å². The van der Waals surface area contributed by atoms with E-state index in [1.54, 1.807) is 4.90 Å². The average molecular weight is 319 g/mol. The van der Waals surface area contributed by atoms with Gasteiger partial charge in [0.1, 0.15) is 0 Å². The van der Waals surface area contributed by atoms with Crippen LogP contribution in [-0.2, 0) is 19.1 Å². The topological polar surface area (TPSA) is 83.9 Å². The zero-order chi connectivity index (χ0) is 17.0. The Morgan fingerprint density at radius 1 is 1.35 bits per heavy atom. The van der Waals surface area contributed by atoms with Gasteiger partial charge in [0.15, 0.2) is 0 Å². The number of nitrogens with zero attached hydrogens (tertiary/aromatic N) is 1. The summed E-state index contributed by atoms with van der Waals surface area (Å²) in [7, 11) is 1.26. The Morgan fingerprint density at radius 2 is 2.00 bits per heavy atom. The van der Waals surface area contributed by atoms with E-state index in [1.165, 1.54) is 7.11 Å². The third-order valence-electron chi connectivity index (χ3n) is 4.52. The first-order chi connectivity index (χ1) is 10.9. The summed E-state index contributed by atoms with van der Waals surface area (Å²) in [6.45, 7) is 1.99. The molecule has 1 amide bonds. The molecule has 2 atom stereocenters. The van der Waals surface area contributed by atoms with Crippen LogP contribution in [0, 0.1) is 5.41 Å². The molecule has 0 radical (unpaired) electrons. The summed E-state index contributed by atoms with van der Waals surface area (Å²) in [6, 6.07) is 9.27. The molecule has 1 aliphatic heterocycles. The lowest BCUT2D eigenvalue weighted by Gasteiger charge is -2.28. The van der Waals surface area contributed by atoms with Crippen LogP contribution in [0.2, 0.25) is 0 Å². The van der Waals surface area contributed by atoms with Crippen molar-refractivity contribution in [3.05, 3.63) is 35.9 Å². The Labute approximate surface area is 135 Å². The zero-order valence-electron chi connectivity index (χ0n) is 13.3. The van der Waals surface area contributed by atoms with E-state index < -0.39 is 17.4 Å². The van der Waals surface area contributed by atoms with Gasteiger partial charge in [-0.1, -0.05) is 30.3 Å². The van der Waals surface area contributed by atoms with Crippen LogP contribution in [0.25, 0.3) is 0 Å². The minimum atomic E-state index is -1.23. The Morgan fingerprint density at radius 3 is 2.57 bits per heavy atom. The van der Waals surface area contributed by atoms with E-state index in [1.807, 2.05) is 37.3 Å². The van der Waals surface area contributed by atoms with Gasteiger partial charge in [0.2, 0.25) is 5.91 Å². The standard InChI is InChI=1S/C17H21NO5/c1-12(13-6-4-3-5-7-13)18-11-17(16(21)22,10-14(18)19)9-8-15(20)23-2/h3-7,12H,8-11H2,1-2H3,(H,21,22)/t12-,17+/m1/s1. The summed E-state index contributed by atoms with van der Waals surface area (Å²) in [5, 5.41) is 9.61. The minimum absolute atomic E-state index is 0.0103. The van der Waals surface area contributed by atoms with Gasteiger partial charge in [-0.2, -0.15) is 0 Å². The van der Waals surface area contributed by atoms with Crippen molar-refractivity contribution in [3.63, 3.8) is 0 Å². The molecule has 0 aliphatic carbocycles. The molecule has 0 bridgehead atoms. The van der Waals surface area contributed by atoms with Gasteiger partial charge in [-0.05, 0) is 18.9 Å². The molecule has 1 N–H and O–H groups in total. The molecule has 6 nitrogen and oxygen atoms in total. The van der Waals surface area contributed by atoms with E-state index in [0.29, 0.717) is 0 Å². The first-order valence-corrected chi connectivity index (χ1v) is 7.54. The number of benzene rings is 1. The number of aliphatic carboxylic acids is 1. The number of rotatable bonds is 6. The number of carboxylic acid groups (broad SMARTS) is 1. The molecule has 1 aromatic carbocycles. The molecule has 6 heteroatoms. The predicted octanol–water partition coefficient (Wildman–Crippen LogP) is 2.00. The predicted molar refractivity (Wildman–Crippen MR) is 82.5 cm³/mol. The van der Waals surface area contributed by atoms with Gasteiger partial charge in [-0.3, -0.25) is 14.4 Å². The summed E-state index contributed by atoms with van der Waals surface area (Å²) in [6.07, 6.45) is -0.00110. The first kappa shape index (κ1) is 17.0. The number of carboxylic acids is 1. The number of amides is 1. The van der Waals surface area contributed by atoms with Crippen LogP contribution >= 0.6 is 0 Å². The van der Waals surface area contributed by atoms with Crippen molar-refractivity contribution >= 4 is 17.8 Å². The Bertz CT molecular complexity index is 600. The van der Waals surface area contributed by atoms with Crippen molar-refractivity contribution in [1.82, 2.24) is 4.90 Å². The van der Waals surface area contributed by atoms with Gasteiger partial charge in [0, 0.05) is 19.4 Å². The van der Waals surface area contributed by atoms with Crippen molar-refractivity contribution in [1.29, 1.82) is 0 Å². The Balaban J connectivity index is 2.17. The van der Waals surface area contributed by atoms with Crippen molar-refractivity contribution in [2.24, 2.45) is 5.41 Å². The van der Waals surface area contributed by atoms with Crippen molar-refractivity contribution in [2.75, 3.05) is 13.7 Å². The first-order valence-electron chi connectivity index (χ1n) is 7.54. The minimum Gasteiger partial charge on any atom is -0.481 e. The van der Waals surface area contributed by atoms with Crippen molar-refractivity contribution in [3.8, 4) is 0 Å². The molecule has 2 rings (SSSR count). The second-order valence-corrected chi connectivity index (χ2v) is 5.95. The lowest BCUT2D eigenvalue weighted by atomic mass is 9.82. The second kappa shape index (κ2) is 6.81. The van der Waals surface area contributed by atoms with Gasteiger partial charge < -0.3 is 14.7 Å². The third kappa shape index (κ3) is 3.52. The molecule has 124 valence electrons. The summed E-state index contributed by atoms with van der Waals surface area (Å²) in [5.74, 6) is -1.71. The van der Waals surface area contributed by atoms with Crippen LogP contribution < -0.4 is 0 Å². The molecule has 1 saturated heterocycles. The van der Waals surface area contributed by atoms with Crippen LogP contribution in [-0.4, -0.2) is 41.5 Å². The fourth-order valence-electron chi connectivity index (χ4n) is 2.99. The molecule has 1 heterocycles. The van der Waals surface area contributed by atoms with Gasteiger partial charge in [-0.25, -0.2) is 0 Å². The van der Waals surface area contributed by atoms with Gasteiger partial charge >= 0.3 is 11.9 Å². The quantitative estimate of drug-likeness (QED) is 0.811. The number of ether oxygens (including phenoxy) is 1. The lowest BCUT2D eigenvalue weighted by Crippen LogP contribution is -2.36. The van der Waals surface area contributed by atoms with Crippen LogP contribution in [0.3, 0.4) is 0 Å². The SMILES string of the molecule is COC(=O)CC[C@]1(C(=O)O)CC(=O)N([C@H](C)c2ccccc2)C1. The summed E-state index contributed by atoms with van der Waals surface area (Å²) in [5.41, 5.74) is -0.274. The molecular weight excluding hydrogens is 298 g/mol. The van der Waals surface area contributed by atoms with E-state index in [2.05, 4.69) is 4.74 Å². The highest BCUT2D eigenvalue weighted by Crippen LogP contribution is 2.40. The van der Waals surface area contributed by atoms with Crippen LogP contribution in [0.15, 0.2) is 30.3 Å². The van der Waals surface area contributed by atoms with E-state index in [0.717, 1.165) is 5.56 Å². The molecule has 0 aromatic heterocycles. The smallest absolute Gasteiger partial charge is 0.311 e. The van der Waals surface area contributed by atoms with E-state index in [4.69, 9.17) is 0 Å². The fourth-order valence-corrected chi connectivity index (χ4v) is 2.99. The molecule has 0 unspecified atom stereocenters. The highest BCUT2D eigenvalue weighted by atomic mass is 16.5. The maximum atomic E-state index is 12.4. The number of likely N-dealkylation sites (tertiary alicyclic amines) is 1. The molecule has 0 saturated carbocycles. The maximum Gasteiger partial charge on any atom is 0.311 e. The van der Waals surface area contributed by atoms with Crippen LogP contribution in [0.4, 0.5) is 0 Å². The number of methoxy groups -OCH3 is 1.